The van der Waals surface area contributed by atoms with Gasteiger partial charge in [-0.2, -0.15) is 13.2 Å². The summed E-state index contributed by atoms with van der Waals surface area (Å²) in [5.74, 6) is -0.857. The van der Waals surface area contributed by atoms with Crippen molar-refractivity contribution < 1.29 is 27.9 Å². The molecule has 0 radical (unpaired) electrons. The van der Waals surface area contributed by atoms with Gasteiger partial charge in [0.25, 0.3) is 0 Å². The molecule has 0 bridgehead atoms. The zero-order valence-corrected chi connectivity index (χ0v) is 14.3. The monoisotopic (exact) mass is 381 g/mol. The first kappa shape index (κ1) is 20.3. The van der Waals surface area contributed by atoms with Gasteiger partial charge in [0.05, 0.1) is 11.3 Å². The largest absolute Gasteiger partial charge is 0.481 e. The van der Waals surface area contributed by atoms with Crippen molar-refractivity contribution in [1.82, 2.24) is 9.97 Å². The molecule has 6 nitrogen and oxygen atoms in total. The minimum absolute atomic E-state index is 0.0830. The molecule has 0 unspecified atom stereocenters. The van der Waals surface area contributed by atoms with Crippen LogP contribution in [-0.2, 0) is 15.8 Å². The Hall–Kier alpha value is -2.97. The number of aliphatic carboxylic acids is 1. The fourth-order valence-electron chi connectivity index (χ4n) is 2.25. The number of benzene rings is 1. The van der Waals surface area contributed by atoms with Crippen molar-refractivity contribution in [1.29, 1.82) is 0 Å². The van der Waals surface area contributed by atoms with Gasteiger partial charge in [-0.15, -0.1) is 0 Å². The number of unbranched alkanes of at least 4 members (excludes halogenated alkanes) is 2. The standard InChI is InChI=1S/C18H18F3N3O3/c19-18(20,21)14-6-4-5-13(11-14)17(15-8-9-22-12-23-15)24-27-10-3-1-2-7-16(25)26/h4-6,8-9,11-12H,1-3,7,10H2,(H,25,26)/b24-17+. The first-order valence-corrected chi connectivity index (χ1v) is 8.23. The molecule has 1 aromatic carbocycles. The highest BCUT2D eigenvalue weighted by atomic mass is 19.4. The molecule has 144 valence electrons. The number of rotatable bonds is 9. The lowest BCUT2D eigenvalue weighted by Crippen LogP contribution is -2.11. The number of carboxylic acids is 1. The second-order valence-corrected chi connectivity index (χ2v) is 5.65. The number of carbonyl (C=O) groups is 1. The molecule has 0 aliphatic heterocycles. The third-order valence-electron chi connectivity index (χ3n) is 3.57. The van der Waals surface area contributed by atoms with E-state index in [1.165, 1.54) is 30.7 Å². The molecule has 0 atom stereocenters. The van der Waals surface area contributed by atoms with Crippen LogP contribution >= 0.6 is 0 Å². The highest BCUT2D eigenvalue weighted by Crippen LogP contribution is 2.30. The van der Waals surface area contributed by atoms with Crippen LogP contribution in [0.2, 0.25) is 0 Å². The van der Waals surface area contributed by atoms with Crippen LogP contribution in [0.15, 0.2) is 48.0 Å². The van der Waals surface area contributed by atoms with Crippen molar-refractivity contribution in [2.24, 2.45) is 5.16 Å². The smallest absolute Gasteiger partial charge is 0.416 e. The van der Waals surface area contributed by atoms with Crippen molar-refractivity contribution in [2.45, 2.75) is 31.9 Å². The summed E-state index contributed by atoms with van der Waals surface area (Å²) in [6.07, 6.45) is 0.0820. The molecular formula is C18H18F3N3O3. The fourth-order valence-corrected chi connectivity index (χ4v) is 2.25. The number of carboxylic acid groups (broad SMARTS) is 1. The van der Waals surface area contributed by atoms with E-state index in [1.54, 1.807) is 0 Å². The first-order chi connectivity index (χ1) is 12.9. The molecule has 2 rings (SSSR count). The SMILES string of the molecule is O=C(O)CCCCCO/N=C(\c1cccc(C(F)(F)F)c1)c1ccncn1. The van der Waals surface area contributed by atoms with E-state index in [4.69, 9.17) is 9.94 Å². The van der Waals surface area contributed by atoms with Gasteiger partial charge in [0.15, 0.2) is 0 Å². The summed E-state index contributed by atoms with van der Waals surface area (Å²) in [4.78, 5) is 23.5. The molecule has 27 heavy (non-hydrogen) atoms. The van der Waals surface area contributed by atoms with Crippen molar-refractivity contribution in [3.05, 3.63) is 59.7 Å². The molecular weight excluding hydrogens is 363 g/mol. The van der Waals surface area contributed by atoms with E-state index in [9.17, 15) is 18.0 Å². The van der Waals surface area contributed by atoms with Crippen LogP contribution in [0.25, 0.3) is 0 Å². The van der Waals surface area contributed by atoms with Crippen LogP contribution in [-0.4, -0.2) is 33.4 Å². The van der Waals surface area contributed by atoms with E-state index in [1.807, 2.05) is 0 Å². The Balaban J connectivity index is 2.12. The fraction of sp³-hybridized carbons (Fsp3) is 0.333. The Labute approximate surface area is 153 Å². The minimum Gasteiger partial charge on any atom is -0.481 e. The Bertz CT molecular complexity index is 780. The van der Waals surface area contributed by atoms with Crippen molar-refractivity contribution in [3.63, 3.8) is 0 Å². The Kier molecular flexibility index (Phi) is 7.27. The lowest BCUT2D eigenvalue weighted by molar-refractivity contribution is -0.138. The third kappa shape index (κ3) is 6.69. The maximum Gasteiger partial charge on any atom is 0.416 e. The number of nitrogens with zero attached hydrogens (tertiary/aromatic N) is 3. The predicted molar refractivity (Wildman–Crippen MR) is 91.2 cm³/mol. The van der Waals surface area contributed by atoms with Gasteiger partial charge in [-0.3, -0.25) is 4.79 Å². The summed E-state index contributed by atoms with van der Waals surface area (Å²) in [5, 5.41) is 12.5. The van der Waals surface area contributed by atoms with Gasteiger partial charge < -0.3 is 9.94 Å². The number of oxime groups is 1. The summed E-state index contributed by atoms with van der Waals surface area (Å²) in [7, 11) is 0. The van der Waals surface area contributed by atoms with Crippen molar-refractivity contribution >= 4 is 11.7 Å². The molecule has 0 saturated carbocycles. The topological polar surface area (TPSA) is 84.7 Å². The average Bonchev–Trinajstić information content (AvgIpc) is 2.64. The molecule has 9 heteroatoms. The summed E-state index contributed by atoms with van der Waals surface area (Å²) >= 11 is 0. The lowest BCUT2D eigenvalue weighted by atomic mass is 10.0. The number of hydrogen-bond acceptors (Lipinski definition) is 5. The van der Waals surface area contributed by atoms with Gasteiger partial charge in [-0.25, -0.2) is 9.97 Å². The minimum atomic E-state index is -4.47. The van der Waals surface area contributed by atoms with Crippen LogP contribution in [0.5, 0.6) is 0 Å². The number of alkyl halides is 3. The molecule has 0 spiro atoms. The summed E-state index contributed by atoms with van der Waals surface area (Å²) in [5.41, 5.74) is -0.0888. The lowest BCUT2D eigenvalue weighted by Gasteiger charge is -2.10. The zero-order chi connectivity index (χ0) is 19.7. The number of aromatic nitrogens is 2. The second-order valence-electron chi connectivity index (χ2n) is 5.65. The van der Waals surface area contributed by atoms with Crippen LogP contribution in [0.4, 0.5) is 13.2 Å². The van der Waals surface area contributed by atoms with E-state index >= 15 is 0 Å². The maximum absolute atomic E-state index is 13.0. The zero-order valence-electron chi connectivity index (χ0n) is 14.3. The van der Waals surface area contributed by atoms with E-state index in [2.05, 4.69) is 15.1 Å². The third-order valence-corrected chi connectivity index (χ3v) is 3.57. The van der Waals surface area contributed by atoms with Crippen LogP contribution in [0.1, 0.15) is 42.5 Å². The van der Waals surface area contributed by atoms with E-state index in [0.29, 0.717) is 25.0 Å². The molecule has 0 amide bonds. The van der Waals surface area contributed by atoms with Gasteiger partial charge in [0, 0.05) is 18.2 Å². The van der Waals surface area contributed by atoms with Crippen LogP contribution in [0, 0.1) is 0 Å². The number of hydrogen-bond donors (Lipinski definition) is 1. The van der Waals surface area contributed by atoms with Gasteiger partial charge >= 0.3 is 12.1 Å². The molecule has 1 aromatic heterocycles. The predicted octanol–water partition coefficient (Wildman–Crippen LogP) is 3.91. The van der Waals surface area contributed by atoms with E-state index in [0.717, 1.165) is 12.1 Å². The summed E-state index contributed by atoms with van der Waals surface area (Å²) in [6.45, 7) is 0.215. The van der Waals surface area contributed by atoms with Gasteiger partial charge in [-0.05, 0) is 37.5 Å². The average molecular weight is 381 g/mol. The second kappa shape index (κ2) is 9.65. The van der Waals surface area contributed by atoms with Crippen molar-refractivity contribution in [3.8, 4) is 0 Å². The molecule has 2 aromatic rings. The molecule has 0 aliphatic carbocycles. The normalized spacial score (nSPS) is 12.0. The molecule has 1 N–H and O–H groups in total. The molecule has 0 fully saturated rings. The van der Waals surface area contributed by atoms with E-state index < -0.39 is 17.7 Å². The van der Waals surface area contributed by atoms with E-state index in [-0.39, 0.29) is 24.3 Å². The molecule has 1 heterocycles. The van der Waals surface area contributed by atoms with Crippen molar-refractivity contribution in [2.75, 3.05) is 6.61 Å². The highest BCUT2D eigenvalue weighted by Gasteiger charge is 2.30. The maximum atomic E-state index is 13.0. The first-order valence-electron chi connectivity index (χ1n) is 8.23. The van der Waals surface area contributed by atoms with Gasteiger partial charge in [0.1, 0.15) is 18.6 Å². The molecule has 0 saturated heterocycles. The highest BCUT2D eigenvalue weighted by molar-refractivity contribution is 6.11. The Morgan fingerprint density at radius 3 is 2.67 bits per heavy atom. The van der Waals surface area contributed by atoms with Gasteiger partial charge in [0.2, 0.25) is 0 Å². The number of halogens is 3. The Morgan fingerprint density at radius 1 is 1.19 bits per heavy atom. The quantitative estimate of drug-likeness (QED) is 0.404. The van der Waals surface area contributed by atoms with Crippen LogP contribution < -0.4 is 0 Å². The van der Waals surface area contributed by atoms with Crippen LogP contribution in [0.3, 0.4) is 0 Å². The summed E-state index contributed by atoms with van der Waals surface area (Å²) in [6, 6.07) is 6.27. The summed E-state index contributed by atoms with van der Waals surface area (Å²) < 4.78 is 38.9. The molecule has 0 aliphatic rings. The Morgan fingerprint density at radius 2 is 2.00 bits per heavy atom. The van der Waals surface area contributed by atoms with Gasteiger partial charge in [-0.1, -0.05) is 17.3 Å².